The van der Waals surface area contributed by atoms with E-state index in [2.05, 4.69) is 6.58 Å². The molecule has 0 aromatic rings. The molecule has 0 heterocycles. The standard InChI is InChI=1S/C12H20O3/c1-4-5-12(14)7-6-10(2)8-9-15-11(3)13/h4,8,12,14H,1,5-7,9H2,2-3H3/b10-8+/t12-/m0/s1. The van der Waals surface area contributed by atoms with Gasteiger partial charge in [0.2, 0.25) is 0 Å². The van der Waals surface area contributed by atoms with Crippen LogP contribution in [0.5, 0.6) is 0 Å². The van der Waals surface area contributed by atoms with Crippen LogP contribution >= 0.6 is 0 Å². The van der Waals surface area contributed by atoms with Crippen LogP contribution in [-0.2, 0) is 9.53 Å². The van der Waals surface area contributed by atoms with Crippen molar-refractivity contribution in [2.75, 3.05) is 6.61 Å². The lowest BCUT2D eigenvalue weighted by Gasteiger charge is -2.07. The van der Waals surface area contributed by atoms with Crippen molar-refractivity contribution in [2.45, 2.75) is 39.2 Å². The minimum Gasteiger partial charge on any atom is -0.462 e. The number of aliphatic hydroxyl groups is 1. The van der Waals surface area contributed by atoms with Crippen molar-refractivity contribution in [3.8, 4) is 0 Å². The van der Waals surface area contributed by atoms with Crippen molar-refractivity contribution in [1.82, 2.24) is 0 Å². The molecular weight excluding hydrogens is 192 g/mol. The number of hydrogen-bond donors (Lipinski definition) is 1. The first kappa shape index (κ1) is 13.9. The summed E-state index contributed by atoms with van der Waals surface area (Å²) >= 11 is 0. The van der Waals surface area contributed by atoms with Gasteiger partial charge in [-0.05, 0) is 32.3 Å². The van der Waals surface area contributed by atoms with Crippen LogP contribution in [0.4, 0.5) is 0 Å². The Labute approximate surface area is 91.4 Å². The summed E-state index contributed by atoms with van der Waals surface area (Å²) in [4.78, 5) is 10.5. The Hall–Kier alpha value is -1.09. The number of carbonyl (C=O) groups is 1. The quantitative estimate of drug-likeness (QED) is 0.520. The molecule has 3 heteroatoms. The van der Waals surface area contributed by atoms with Crippen molar-refractivity contribution < 1.29 is 14.6 Å². The van der Waals surface area contributed by atoms with Crippen LogP contribution in [0.2, 0.25) is 0 Å². The first-order valence-corrected chi connectivity index (χ1v) is 5.14. The summed E-state index contributed by atoms with van der Waals surface area (Å²) in [5, 5.41) is 9.43. The van der Waals surface area contributed by atoms with Crippen LogP contribution in [0.3, 0.4) is 0 Å². The molecule has 0 aliphatic carbocycles. The molecule has 0 unspecified atom stereocenters. The van der Waals surface area contributed by atoms with E-state index in [9.17, 15) is 9.90 Å². The monoisotopic (exact) mass is 212 g/mol. The fourth-order valence-corrected chi connectivity index (χ4v) is 1.11. The third-order valence-corrected chi connectivity index (χ3v) is 2.03. The highest BCUT2D eigenvalue weighted by Gasteiger charge is 2.01. The molecule has 0 aromatic carbocycles. The highest BCUT2D eigenvalue weighted by molar-refractivity contribution is 5.66. The predicted octanol–water partition coefficient (Wildman–Crippen LogP) is 2.21. The number of rotatable bonds is 7. The third-order valence-electron chi connectivity index (χ3n) is 2.03. The van der Waals surface area contributed by atoms with E-state index >= 15 is 0 Å². The SMILES string of the molecule is C=CC[C@H](O)CC/C(C)=C/COC(C)=O. The molecule has 3 nitrogen and oxygen atoms in total. The molecule has 0 saturated heterocycles. The van der Waals surface area contributed by atoms with Gasteiger partial charge < -0.3 is 9.84 Å². The zero-order valence-corrected chi connectivity index (χ0v) is 9.53. The predicted molar refractivity (Wildman–Crippen MR) is 60.4 cm³/mol. The maximum absolute atomic E-state index is 10.5. The lowest BCUT2D eigenvalue weighted by molar-refractivity contribution is -0.139. The van der Waals surface area contributed by atoms with E-state index < -0.39 is 0 Å². The molecule has 0 spiro atoms. The Kier molecular flexibility index (Phi) is 7.64. The van der Waals surface area contributed by atoms with E-state index in [-0.39, 0.29) is 12.1 Å². The number of aliphatic hydroxyl groups excluding tert-OH is 1. The number of esters is 1. The Bertz CT molecular complexity index is 231. The minimum atomic E-state index is -0.320. The maximum Gasteiger partial charge on any atom is 0.302 e. The topological polar surface area (TPSA) is 46.5 Å². The summed E-state index contributed by atoms with van der Waals surface area (Å²) in [5.74, 6) is -0.272. The molecule has 0 radical (unpaired) electrons. The van der Waals surface area contributed by atoms with Crippen molar-refractivity contribution >= 4 is 5.97 Å². The molecular formula is C12H20O3. The zero-order chi connectivity index (χ0) is 11.7. The summed E-state index contributed by atoms with van der Waals surface area (Å²) in [7, 11) is 0. The summed E-state index contributed by atoms with van der Waals surface area (Å²) in [5.41, 5.74) is 1.12. The third kappa shape index (κ3) is 9.22. The summed E-state index contributed by atoms with van der Waals surface area (Å²) in [6.07, 6.45) is 5.41. The fraction of sp³-hybridized carbons (Fsp3) is 0.583. The molecule has 0 rings (SSSR count). The molecule has 15 heavy (non-hydrogen) atoms. The molecule has 0 aliphatic rings. The van der Waals surface area contributed by atoms with Crippen molar-refractivity contribution in [3.05, 3.63) is 24.3 Å². The average Bonchev–Trinajstić information content (AvgIpc) is 2.14. The van der Waals surface area contributed by atoms with Gasteiger partial charge in [-0.1, -0.05) is 11.6 Å². The summed E-state index contributed by atoms with van der Waals surface area (Å²) < 4.78 is 4.77. The first-order valence-electron chi connectivity index (χ1n) is 5.14. The summed E-state index contributed by atoms with van der Waals surface area (Å²) in [6, 6.07) is 0. The van der Waals surface area contributed by atoms with Gasteiger partial charge in [-0.25, -0.2) is 0 Å². The van der Waals surface area contributed by atoms with E-state index in [1.54, 1.807) is 6.08 Å². The van der Waals surface area contributed by atoms with Gasteiger partial charge in [0, 0.05) is 6.92 Å². The molecule has 0 fully saturated rings. The molecule has 86 valence electrons. The largest absolute Gasteiger partial charge is 0.462 e. The van der Waals surface area contributed by atoms with Gasteiger partial charge >= 0.3 is 5.97 Å². The molecule has 1 N–H and O–H groups in total. The van der Waals surface area contributed by atoms with E-state index in [0.29, 0.717) is 19.4 Å². The normalized spacial score (nSPS) is 13.4. The van der Waals surface area contributed by atoms with E-state index in [4.69, 9.17) is 4.74 Å². The number of carbonyl (C=O) groups excluding carboxylic acids is 1. The number of hydrogen-bond acceptors (Lipinski definition) is 3. The van der Waals surface area contributed by atoms with Crippen LogP contribution in [0.1, 0.15) is 33.1 Å². The molecule has 0 saturated carbocycles. The van der Waals surface area contributed by atoms with Crippen molar-refractivity contribution in [1.29, 1.82) is 0 Å². The van der Waals surface area contributed by atoms with Crippen LogP contribution in [0.25, 0.3) is 0 Å². The van der Waals surface area contributed by atoms with Gasteiger partial charge in [0.1, 0.15) is 6.61 Å². The van der Waals surface area contributed by atoms with Gasteiger partial charge in [-0.3, -0.25) is 4.79 Å². The van der Waals surface area contributed by atoms with Gasteiger partial charge in [0.05, 0.1) is 6.10 Å². The maximum atomic E-state index is 10.5. The van der Waals surface area contributed by atoms with Gasteiger partial charge in [0.25, 0.3) is 0 Å². The minimum absolute atomic E-state index is 0.272. The van der Waals surface area contributed by atoms with Gasteiger partial charge in [-0.2, -0.15) is 0 Å². The highest BCUT2D eigenvalue weighted by Crippen LogP contribution is 2.09. The van der Waals surface area contributed by atoms with Crippen LogP contribution in [-0.4, -0.2) is 23.8 Å². The number of ether oxygens (including phenoxy) is 1. The van der Waals surface area contributed by atoms with Crippen LogP contribution in [0.15, 0.2) is 24.3 Å². The number of allylic oxidation sites excluding steroid dienone is 1. The Morgan fingerprint density at radius 3 is 2.73 bits per heavy atom. The van der Waals surface area contributed by atoms with Crippen LogP contribution in [0, 0.1) is 0 Å². The van der Waals surface area contributed by atoms with Gasteiger partial charge in [0.15, 0.2) is 0 Å². The smallest absolute Gasteiger partial charge is 0.302 e. The molecule has 0 amide bonds. The Morgan fingerprint density at radius 2 is 2.20 bits per heavy atom. The van der Waals surface area contributed by atoms with Crippen LogP contribution < -0.4 is 0 Å². The van der Waals surface area contributed by atoms with E-state index in [0.717, 1.165) is 12.0 Å². The molecule has 0 aromatic heterocycles. The first-order chi connectivity index (χ1) is 7.06. The average molecular weight is 212 g/mol. The molecule has 1 atom stereocenters. The van der Waals surface area contributed by atoms with Crippen molar-refractivity contribution in [3.63, 3.8) is 0 Å². The van der Waals surface area contributed by atoms with Gasteiger partial charge in [-0.15, -0.1) is 6.58 Å². The van der Waals surface area contributed by atoms with Crippen molar-refractivity contribution in [2.24, 2.45) is 0 Å². The molecule has 0 aliphatic heterocycles. The Morgan fingerprint density at radius 1 is 1.53 bits per heavy atom. The second kappa shape index (κ2) is 8.24. The lowest BCUT2D eigenvalue weighted by atomic mass is 10.1. The second-order valence-corrected chi connectivity index (χ2v) is 3.57. The zero-order valence-electron chi connectivity index (χ0n) is 9.53. The fourth-order valence-electron chi connectivity index (χ4n) is 1.11. The lowest BCUT2D eigenvalue weighted by Crippen LogP contribution is -2.04. The van der Waals surface area contributed by atoms with E-state index in [1.165, 1.54) is 6.92 Å². The highest BCUT2D eigenvalue weighted by atomic mass is 16.5. The summed E-state index contributed by atoms with van der Waals surface area (Å²) in [6.45, 7) is 7.23. The second-order valence-electron chi connectivity index (χ2n) is 3.57. The molecule has 0 bridgehead atoms. The van der Waals surface area contributed by atoms with E-state index in [1.807, 2.05) is 13.0 Å². The Balaban J connectivity index is 3.67.